The van der Waals surface area contributed by atoms with Crippen LogP contribution in [0, 0.1) is 0 Å². The number of rotatable bonds is 5. The molecular formula is C24H21N5O4S. The second kappa shape index (κ2) is 8.47. The van der Waals surface area contributed by atoms with Gasteiger partial charge in [-0.25, -0.2) is 0 Å². The van der Waals surface area contributed by atoms with Crippen LogP contribution >= 0.6 is 11.3 Å². The zero-order valence-electron chi connectivity index (χ0n) is 18.1. The summed E-state index contributed by atoms with van der Waals surface area (Å²) in [6.07, 6.45) is 3.08. The summed E-state index contributed by atoms with van der Waals surface area (Å²) < 4.78 is 12.1. The van der Waals surface area contributed by atoms with E-state index in [2.05, 4.69) is 27.1 Å². The van der Waals surface area contributed by atoms with Gasteiger partial charge < -0.3 is 18.8 Å². The van der Waals surface area contributed by atoms with Gasteiger partial charge in [0.1, 0.15) is 0 Å². The number of fused-ring (bicyclic) bond motifs is 1. The van der Waals surface area contributed by atoms with Gasteiger partial charge in [-0.15, -0.1) is 5.10 Å². The van der Waals surface area contributed by atoms with Crippen molar-refractivity contribution in [3.05, 3.63) is 83.3 Å². The molecule has 5 aromatic rings. The van der Waals surface area contributed by atoms with Crippen LogP contribution in [0.25, 0.3) is 16.5 Å². The molecule has 4 aromatic heterocycles. The van der Waals surface area contributed by atoms with E-state index < -0.39 is 0 Å². The highest BCUT2D eigenvalue weighted by Crippen LogP contribution is 2.40. The number of nitrogens with zero attached hydrogens (tertiary/aromatic N) is 5. The molecule has 1 saturated heterocycles. The third-order valence-electron chi connectivity index (χ3n) is 6.00. The van der Waals surface area contributed by atoms with E-state index in [9.17, 15) is 9.90 Å². The lowest BCUT2D eigenvalue weighted by atomic mass is 10.0. The van der Waals surface area contributed by atoms with Gasteiger partial charge in [0.15, 0.2) is 11.5 Å². The molecule has 0 radical (unpaired) electrons. The minimum atomic E-state index is -0.192. The van der Waals surface area contributed by atoms with Crippen molar-refractivity contribution in [2.24, 2.45) is 0 Å². The van der Waals surface area contributed by atoms with E-state index in [-0.39, 0.29) is 17.8 Å². The molecule has 1 aliphatic rings. The Morgan fingerprint density at radius 1 is 0.971 bits per heavy atom. The Balaban J connectivity index is 1.31. The van der Waals surface area contributed by atoms with E-state index in [0.29, 0.717) is 48.5 Å². The summed E-state index contributed by atoms with van der Waals surface area (Å²) in [7, 11) is 0. The Labute approximate surface area is 198 Å². The van der Waals surface area contributed by atoms with Crippen LogP contribution in [0.3, 0.4) is 0 Å². The van der Waals surface area contributed by atoms with E-state index in [1.165, 1.54) is 22.1 Å². The number of hydrogen-bond donors (Lipinski definition) is 1. The summed E-state index contributed by atoms with van der Waals surface area (Å²) >= 11 is 1.40. The average Bonchev–Trinajstić information content (AvgIpc) is 3.67. The molecule has 6 rings (SSSR count). The first-order valence-electron chi connectivity index (χ1n) is 10.9. The molecule has 172 valence electrons. The highest BCUT2D eigenvalue weighted by Gasteiger charge is 2.33. The smallest absolute Gasteiger partial charge is 0.289 e. The standard InChI is InChI=1S/C24H21N5O4S/c30-22(18-9-5-15-33-18)28-12-10-27(11-13-28)19(16-6-2-1-3-7-16)20-23(31)29-24(34-20)25-21(26-29)17-8-4-14-32-17/h1-9,14-15,19,31H,10-13H2/t19-/m0/s1. The monoisotopic (exact) mass is 475 g/mol. The number of carbonyl (C=O) groups excluding carboxylic acids is 1. The zero-order chi connectivity index (χ0) is 23.1. The molecular weight excluding hydrogens is 454 g/mol. The van der Waals surface area contributed by atoms with Crippen LogP contribution in [0.5, 0.6) is 5.88 Å². The lowest BCUT2D eigenvalue weighted by Gasteiger charge is -2.38. The molecule has 9 nitrogen and oxygen atoms in total. The van der Waals surface area contributed by atoms with Crippen molar-refractivity contribution < 1.29 is 18.7 Å². The van der Waals surface area contributed by atoms with Crippen LogP contribution in [0.15, 0.2) is 76.0 Å². The lowest BCUT2D eigenvalue weighted by Crippen LogP contribution is -2.49. The molecule has 10 heteroatoms. The van der Waals surface area contributed by atoms with Crippen molar-refractivity contribution in [2.75, 3.05) is 26.2 Å². The van der Waals surface area contributed by atoms with E-state index in [0.717, 1.165) is 10.4 Å². The van der Waals surface area contributed by atoms with E-state index in [1.807, 2.05) is 18.2 Å². The van der Waals surface area contributed by atoms with Crippen LogP contribution in [0.2, 0.25) is 0 Å². The van der Waals surface area contributed by atoms with Gasteiger partial charge in [-0.2, -0.15) is 9.50 Å². The van der Waals surface area contributed by atoms with Gasteiger partial charge in [0.2, 0.25) is 16.7 Å². The Hall–Kier alpha value is -3.89. The van der Waals surface area contributed by atoms with Crippen LogP contribution in [0.1, 0.15) is 27.0 Å². The predicted molar refractivity (Wildman–Crippen MR) is 125 cm³/mol. The van der Waals surface area contributed by atoms with Crippen molar-refractivity contribution >= 4 is 22.2 Å². The van der Waals surface area contributed by atoms with E-state index in [1.54, 1.807) is 35.4 Å². The Morgan fingerprint density at radius 3 is 2.41 bits per heavy atom. The van der Waals surface area contributed by atoms with Crippen molar-refractivity contribution in [1.29, 1.82) is 0 Å². The lowest BCUT2D eigenvalue weighted by molar-refractivity contribution is 0.0568. The number of amides is 1. The first-order valence-corrected chi connectivity index (χ1v) is 11.7. The fourth-order valence-electron chi connectivity index (χ4n) is 4.34. The number of benzene rings is 1. The number of aromatic hydroxyl groups is 1. The minimum Gasteiger partial charge on any atom is -0.492 e. The average molecular weight is 476 g/mol. The quantitative estimate of drug-likeness (QED) is 0.412. The maximum atomic E-state index is 12.7. The molecule has 0 spiro atoms. The van der Waals surface area contributed by atoms with Crippen LogP contribution in [-0.4, -0.2) is 61.6 Å². The second-order valence-corrected chi connectivity index (χ2v) is 9.02. The van der Waals surface area contributed by atoms with Crippen LogP contribution in [-0.2, 0) is 0 Å². The fourth-order valence-corrected chi connectivity index (χ4v) is 5.46. The SMILES string of the molecule is O=C(c1ccco1)N1CCN([C@@H](c2ccccc2)c2sc3nc(-c4ccco4)nn3c2O)CC1. The minimum absolute atomic E-state index is 0.0632. The third kappa shape index (κ3) is 3.57. The molecule has 0 aliphatic carbocycles. The highest BCUT2D eigenvalue weighted by atomic mass is 32.1. The number of carbonyl (C=O) groups is 1. The summed E-state index contributed by atoms with van der Waals surface area (Å²) in [6.45, 7) is 2.42. The van der Waals surface area contributed by atoms with Gasteiger partial charge in [-0.3, -0.25) is 9.69 Å². The number of hydrogen-bond acceptors (Lipinski definition) is 8. The van der Waals surface area contributed by atoms with Gasteiger partial charge in [0.25, 0.3) is 5.91 Å². The van der Waals surface area contributed by atoms with Crippen molar-refractivity contribution in [2.45, 2.75) is 6.04 Å². The predicted octanol–water partition coefficient (Wildman–Crippen LogP) is 3.90. The summed E-state index contributed by atoms with van der Waals surface area (Å²) in [4.78, 5) is 22.7. The topological polar surface area (TPSA) is 100 Å². The maximum absolute atomic E-state index is 12.7. The molecule has 5 heterocycles. The molecule has 1 aliphatic heterocycles. The summed E-state index contributed by atoms with van der Waals surface area (Å²) in [5.41, 5.74) is 1.05. The summed E-state index contributed by atoms with van der Waals surface area (Å²) in [5, 5.41) is 15.6. The Kier molecular flexibility index (Phi) is 5.16. The number of aromatic nitrogens is 3. The van der Waals surface area contributed by atoms with Gasteiger partial charge >= 0.3 is 0 Å². The molecule has 1 N–H and O–H groups in total. The van der Waals surface area contributed by atoms with Gasteiger partial charge in [-0.05, 0) is 29.8 Å². The molecule has 1 fully saturated rings. The van der Waals surface area contributed by atoms with Gasteiger partial charge in [0.05, 0.1) is 23.4 Å². The normalized spacial score (nSPS) is 15.7. The molecule has 0 bridgehead atoms. The number of piperazine rings is 1. The van der Waals surface area contributed by atoms with Crippen molar-refractivity contribution in [3.63, 3.8) is 0 Å². The van der Waals surface area contributed by atoms with E-state index >= 15 is 0 Å². The molecule has 1 atom stereocenters. The molecule has 34 heavy (non-hydrogen) atoms. The summed E-state index contributed by atoms with van der Waals surface area (Å²) in [6, 6.07) is 16.8. The molecule has 0 saturated carbocycles. The fraction of sp³-hybridized carbons (Fsp3) is 0.208. The molecule has 1 aromatic carbocycles. The Morgan fingerprint density at radius 2 is 1.74 bits per heavy atom. The van der Waals surface area contributed by atoms with Crippen molar-refractivity contribution in [1.82, 2.24) is 24.4 Å². The molecule has 0 unspecified atom stereocenters. The van der Waals surface area contributed by atoms with Crippen LogP contribution < -0.4 is 0 Å². The molecule has 1 amide bonds. The third-order valence-corrected chi connectivity index (χ3v) is 7.08. The first-order chi connectivity index (χ1) is 16.7. The van der Waals surface area contributed by atoms with Gasteiger partial charge in [0, 0.05) is 26.2 Å². The largest absolute Gasteiger partial charge is 0.492 e. The summed E-state index contributed by atoms with van der Waals surface area (Å²) in [5.74, 6) is 1.29. The zero-order valence-corrected chi connectivity index (χ0v) is 18.9. The van der Waals surface area contributed by atoms with Crippen molar-refractivity contribution in [3.8, 4) is 17.5 Å². The van der Waals surface area contributed by atoms with Gasteiger partial charge in [-0.1, -0.05) is 41.7 Å². The second-order valence-electron chi connectivity index (χ2n) is 8.02. The maximum Gasteiger partial charge on any atom is 0.289 e. The van der Waals surface area contributed by atoms with Crippen LogP contribution in [0.4, 0.5) is 0 Å². The number of furan rings is 2. The van der Waals surface area contributed by atoms with E-state index in [4.69, 9.17) is 8.83 Å². The Bertz CT molecular complexity index is 1400. The first kappa shape index (κ1) is 20.7. The number of thiazole rings is 1. The highest BCUT2D eigenvalue weighted by molar-refractivity contribution is 7.17.